The molecule has 1 aliphatic heterocycles. The van der Waals surface area contributed by atoms with Gasteiger partial charge in [-0.1, -0.05) is 6.92 Å². The summed E-state index contributed by atoms with van der Waals surface area (Å²) in [6.07, 6.45) is 4.61. The summed E-state index contributed by atoms with van der Waals surface area (Å²) >= 11 is 0. The Labute approximate surface area is 101 Å². The molecule has 0 radical (unpaired) electrons. The Bertz CT molecular complexity index is 512. The van der Waals surface area contributed by atoms with Crippen molar-refractivity contribution in [1.29, 1.82) is 0 Å². The Hall–Kier alpha value is -1.51. The third-order valence-electron chi connectivity index (χ3n) is 3.35. The van der Waals surface area contributed by atoms with Crippen LogP contribution in [0, 0.1) is 0 Å². The molecule has 0 amide bonds. The number of rotatable bonds is 3. The van der Waals surface area contributed by atoms with Crippen molar-refractivity contribution in [3.8, 4) is 0 Å². The highest BCUT2D eigenvalue weighted by atomic mass is 16.3. The Morgan fingerprint density at radius 3 is 2.88 bits per heavy atom. The SMILES string of the molecule is CCCc1nc2cc(N3CCCC3)ccc2o1. The molecule has 3 rings (SSSR count). The first-order valence-electron chi connectivity index (χ1n) is 6.51. The monoisotopic (exact) mass is 230 g/mol. The molecule has 0 saturated carbocycles. The van der Waals surface area contributed by atoms with Gasteiger partial charge in [-0.25, -0.2) is 4.98 Å². The van der Waals surface area contributed by atoms with Crippen molar-refractivity contribution in [2.24, 2.45) is 0 Å². The summed E-state index contributed by atoms with van der Waals surface area (Å²) in [4.78, 5) is 6.97. The molecule has 1 aromatic carbocycles. The van der Waals surface area contributed by atoms with Gasteiger partial charge in [0, 0.05) is 25.2 Å². The largest absolute Gasteiger partial charge is 0.441 e. The molecule has 1 aromatic heterocycles. The van der Waals surface area contributed by atoms with Crippen LogP contribution in [0.3, 0.4) is 0 Å². The molecular weight excluding hydrogens is 212 g/mol. The van der Waals surface area contributed by atoms with Crippen LogP contribution in [0.2, 0.25) is 0 Å². The minimum atomic E-state index is 0.862. The quantitative estimate of drug-likeness (QED) is 0.809. The number of benzene rings is 1. The Morgan fingerprint density at radius 1 is 1.29 bits per heavy atom. The predicted octanol–water partition coefficient (Wildman–Crippen LogP) is 3.38. The standard InChI is InChI=1S/C14H18N2O/c1-2-5-14-15-12-10-11(6-7-13(12)17-14)16-8-3-4-9-16/h6-7,10H,2-5,8-9H2,1H3. The van der Waals surface area contributed by atoms with Crippen LogP contribution in [-0.2, 0) is 6.42 Å². The Kier molecular flexibility index (Phi) is 2.75. The van der Waals surface area contributed by atoms with E-state index in [0.717, 1.165) is 29.8 Å². The maximum absolute atomic E-state index is 5.70. The van der Waals surface area contributed by atoms with Gasteiger partial charge >= 0.3 is 0 Å². The summed E-state index contributed by atoms with van der Waals surface area (Å²) < 4.78 is 5.70. The fourth-order valence-electron chi connectivity index (χ4n) is 2.46. The second-order valence-corrected chi connectivity index (χ2v) is 4.70. The van der Waals surface area contributed by atoms with E-state index in [9.17, 15) is 0 Å². The van der Waals surface area contributed by atoms with Crippen LogP contribution in [0.4, 0.5) is 5.69 Å². The van der Waals surface area contributed by atoms with E-state index in [1.807, 2.05) is 0 Å². The van der Waals surface area contributed by atoms with Crippen LogP contribution in [0.5, 0.6) is 0 Å². The molecule has 2 heterocycles. The highest BCUT2D eigenvalue weighted by Gasteiger charge is 2.14. The zero-order chi connectivity index (χ0) is 11.7. The van der Waals surface area contributed by atoms with Crippen LogP contribution in [0.15, 0.2) is 22.6 Å². The lowest BCUT2D eigenvalue weighted by molar-refractivity contribution is 0.525. The predicted molar refractivity (Wildman–Crippen MR) is 69.5 cm³/mol. The molecule has 3 heteroatoms. The van der Waals surface area contributed by atoms with Gasteiger partial charge in [0.15, 0.2) is 11.5 Å². The van der Waals surface area contributed by atoms with Crippen molar-refractivity contribution in [3.05, 3.63) is 24.1 Å². The van der Waals surface area contributed by atoms with Gasteiger partial charge in [-0.2, -0.15) is 0 Å². The number of hydrogen-bond acceptors (Lipinski definition) is 3. The van der Waals surface area contributed by atoms with Gasteiger partial charge in [-0.15, -0.1) is 0 Å². The molecule has 0 spiro atoms. The number of oxazole rings is 1. The minimum absolute atomic E-state index is 0.862. The molecule has 1 fully saturated rings. The third-order valence-corrected chi connectivity index (χ3v) is 3.35. The molecule has 0 aliphatic carbocycles. The van der Waals surface area contributed by atoms with E-state index in [1.54, 1.807) is 0 Å². The summed E-state index contributed by atoms with van der Waals surface area (Å²) in [5.74, 6) is 0.862. The summed E-state index contributed by atoms with van der Waals surface area (Å²) in [5, 5.41) is 0. The van der Waals surface area contributed by atoms with Crippen molar-refractivity contribution in [2.45, 2.75) is 32.6 Å². The van der Waals surface area contributed by atoms with E-state index < -0.39 is 0 Å². The summed E-state index contributed by atoms with van der Waals surface area (Å²) in [6, 6.07) is 6.35. The Morgan fingerprint density at radius 2 is 2.12 bits per heavy atom. The second kappa shape index (κ2) is 4.40. The molecule has 0 atom stereocenters. The molecular formula is C14H18N2O. The number of nitrogens with zero attached hydrogens (tertiary/aromatic N) is 2. The first-order chi connectivity index (χ1) is 8.36. The maximum atomic E-state index is 5.70. The van der Waals surface area contributed by atoms with Gasteiger partial charge in [0.2, 0.25) is 0 Å². The van der Waals surface area contributed by atoms with E-state index in [2.05, 4.69) is 35.0 Å². The zero-order valence-electron chi connectivity index (χ0n) is 10.3. The molecule has 0 unspecified atom stereocenters. The number of aryl methyl sites for hydroxylation is 1. The molecule has 1 aliphatic rings. The second-order valence-electron chi connectivity index (χ2n) is 4.70. The molecule has 3 nitrogen and oxygen atoms in total. The zero-order valence-corrected chi connectivity index (χ0v) is 10.3. The highest BCUT2D eigenvalue weighted by molar-refractivity contribution is 5.77. The van der Waals surface area contributed by atoms with Gasteiger partial charge in [-0.05, 0) is 37.5 Å². The molecule has 17 heavy (non-hydrogen) atoms. The van der Waals surface area contributed by atoms with Gasteiger partial charge < -0.3 is 9.32 Å². The smallest absolute Gasteiger partial charge is 0.195 e. The Balaban J connectivity index is 1.94. The van der Waals surface area contributed by atoms with Crippen LogP contribution >= 0.6 is 0 Å². The van der Waals surface area contributed by atoms with Crippen molar-refractivity contribution >= 4 is 16.8 Å². The van der Waals surface area contributed by atoms with Gasteiger partial charge in [0.25, 0.3) is 0 Å². The van der Waals surface area contributed by atoms with Crippen molar-refractivity contribution in [2.75, 3.05) is 18.0 Å². The first kappa shape index (κ1) is 10.6. The lowest BCUT2D eigenvalue weighted by Crippen LogP contribution is -2.17. The molecule has 0 N–H and O–H groups in total. The summed E-state index contributed by atoms with van der Waals surface area (Å²) in [5.41, 5.74) is 3.19. The van der Waals surface area contributed by atoms with Gasteiger partial charge in [0.05, 0.1) is 0 Å². The molecule has 2 aromatic rings. The first-order valence-corrected chi connectivity index (χ1v) is 6.51. The van der Waals surface area contributed by atoms with E-state index in [1.165, 1.54) is 31.6 Å². The fourth-order valence-corrected chi connectivity index (χ4v) is 2.46. The minimum Gasteiger partial charge on any atom is -0.441 e. The molecule has 90 valence electrons. The number of aromatic nitrogens is 1. The average molecular weight is 230 g/mol. The lowest BCUT2D eigenvalue weighted by atomic mass is 10.2. The highest BCUT2D eigenvalue weighted by Crippen LogP contribution is 2.25. The number of fused-ring (bicyclic) bond motifs is 1. The van der Waals surface area contributed by atoms with Crippen molar-refractivity contribution in [3.63, 3.8) is 0 Å². The van der Waals surface area contributed by atoms with Gasteiger partial charge in [-0.3, -0.25) is 0 Å². The normalized spacial score (nSPS) is 15.9. The summed E-state index contributed by atoms with van der Waals surface area (Å²) in [6.45, 7) is 4.49. The number of anilines is 1. The average Bonchev–Trinajstić information content (AvgIpc) is 2.96. The van der Waals surface area contributed by atoms with Crippen LogP contribution in [-0.4, -0.2) is 18.1 Å². The topological polar surface area (TPSA) is 29.3 Å². The fraction of sp³-hybridized carbons (Fsp3) is 0.500. The van der Waals surface area contributed by atoms with E-state index >= 15 is 0 Å². The number of hydrogen-bond donors (Lipinski definition) is 0. The van der Waals surface area contributed by atoms with Crippen LogP contribution < -0.4 is 4.90 Å². The van der Waals surface area contributed by atoms with Crippen molar-refractivity contribution in [1.82, 2.24) is 4.98 Å². The van der Waals surface area contributed by atoms with E-state index in [0.29, 0.717) is 0 Å². The molecule has 0 bridgehead atoms. The maximum Gasteiger partial charge on any atom is 0.195 e. The van der Waals surface area contributed by atoms with Gasteiger partial charge in [0.1, 0.15) is 5.52 Å². The summed E-state index contributed by atoms with van der Waals surface area (Å²) in [7, 11) is 0. The van der Waals surface area contributed by atoms with E-state index in [4.69, 9.17) is 4.42 Å². The molecule has 1 saturated heterocycles. The lowest BCUT2D eigenvalue weighted by Gasteiger charge is -2.16. The third kappa shape index (κ3) is 2.02. The van der Waals surface area contributed by atoms with Crippen LogP contribution in [0.1, 0.15) is 32.1 Å². The van der Waals surface area contributed by atoms with Crippen molar-refractivity contribution < 1.29 is 4.42 Å². The van der Waals surface area contributed by atoms with E-state index in [-0.39, 0.29) is 0 Å². The van der Waals surface area contributed by atoms with Crippen LogP contribution in [0.25, 0.3) is 11.1 Å².